The van der Waals surface area contributed by atoms with Gasteiger partial charge in [-0.3, -0.25) is 13.9 Å². The van der Waals surface area contributed by atoms with E-state index in [0.29, 0.717) is 47.7 Å². The highest BCUT2D eigenvalue weighted by molar-refractivity contribution is 6.10. The molecule has 288 valence electrons. The zero-order valence-electron chi connectivity index (χ0n) is 31.4. The molecule has 56 heavy (non-hydrogen) atoms. The van der Waals surface area contributed by atoms with E-state index in [-0.39, 0.29) is 11.7 Å². The lowest BCUT2D eigenvalue weighted by Gasteiger charge is -2.38. The molecule has 0 unspecified atom stereocenters. The third kappa shape index (κ3) is 7.24. The number of aromatic nitrogens is 6. The monoisotopic (exact) mass is 754 g/mol. The summed E-state index contributed by atoms with van der Waals surface area (Å²) in [5, 5.41) is 20.3. The summed E-state index contributed by atoms with van der Waals surface area (Å²) in [6.07, 6.45) is 15.8. The summed E-state index contributed by atoms with van der Waals surface area (Å²) in [6, 6.07) is 12.2. The Balaban J connectivity index is 0.807. The molecule has 0 aliphatic carbocycles. The van der Waals surface area contributed by atoms with Crippen molar-refractivity contribution in [2.45, 2.75) is 57.4 Å². The fourth-order valence-electron chi connectivity index (χ4n) is 8.81. The summed E-state index contributed by atoms with van der Waals surface area (Å²) < 4.78 is 3.92. The van der Waals surface area contributed by atoms with Crippen LogP contribution in [0.4, 0.5) is 22.9 Å². The number of piperidine rings is 3. The Bertz CT molecular complexity index is 2320. The molecule has 15 nitrogen and oxygen atoms in total. The second-order valence-corrected chi connectivity index (χ2v) is 15.4. The normalized spacial score (nSPS) is 19.0. The van der Waals surface area contributed by atoms with E-state index >= 15 is 0 Å². The molecule has 2 N–H and O–H groups in total. The van der Waals surface area contributed by atoms with E-state index in [9.17, 15) is 14.4 Å². The highest BCUT2D eigenvalue weighted by Crippen LogP contribution is 2.35. The van der Waals surface area contributed by atoms with E-state index in [0.717, 1.165) is 112 Å². The number of nitrogens with one attached hydrogen (secondary N) is 2. The number of anilines is 4. The molecule has 0 bridgehead atoms. The molecule has 0 spiro atoms. The van der Waals surface area contributed by atoms with Crippen molar-refractivity contribution in [1.82, 2.24) is 39.6 Å². The molecule has 1 amide bonds. The van der Waals surface area contributed by atoms with Crippen molar-refractivity contribution in [2.24, 2.45) is 5.92 Å². The zero-order chi connectivity index (χ0) is 38.0. The topological polar surface area (TPSA) is 149 Å². The predicted octanol–water partition coefficient (Wildman–Crippen LogP) is 4.46. The van der Waals surface area contributed by atoms with Crippen molar-refractivity contribution >= 4 is 57.2 Å². The molecule has 4 saturated heterocycles. The molecule has 4 aromatic heterocycles. The van der Waals surface area contributed by atoms with Crippen molar-refractivity contribution < 1.29 is 14.4 Å². The van der Waals surface area contributed by atoms with E-state index < -0.39 is 0 Å². The van der Waals surface area contributed by atoms with E-state index in [1.807, 2.05) is 36.4 Å². The maximum absolute atomic E-state index is 13.6. The lowest BCUT2D eigenvalue weighted by Crippen LogP contribution is -2.42. The van der Waals surface area contributed by atoms with Gasteiger partial charge in [0, 0.05) is 76.6 Å². The van der Waals surface area contributed by atoms with Gasteiger partial charge in [0.25, 0.3) is 5.91 Å². The van der Waals surface area contributed by atoms with Crippen LogP contribution >= 0.6 is 0 Å². The Morgan fingerprint density at radius 1 is 0.911 bits per heavy atom. The standard InChI is InChI=1S/C41H46N12O3/c54-26-31-10-20-52(39(27-55)44-31)38-7-6-33(23-42-38)49-18-8-29(9-19-49)24-48-16-11-32(12-17-48)53-25-30-21-36(37(22-35(30)47-53)50-13-2-1-3-14-50)45-41(56)34-5-4-15-51-28-43-46-40(34)51/h4-7,15,21-23,25,28-29,32,44H,1-3,8-14,16-20,24H2,(H,45,56). The number of carbonyl (C=O) groups is 1. The first-order valence-corrected chi connectivity index (χ1v) is 19.9. The largest absolute Gasteiger partial charge is 0.370 e. The van der Waals surface area contributed by atoms with Gasteiger partial charge in [-0.15, -0.1) is 10.2 Å². The van der Waals surface area contributed by atoms with Crippen LogP contribution in [0.1, 0.15) is 67.8 Å². The van der Waals surface area contributed by atoms with Crippen LogP contribution in [0.5, 0.6) is 0 Å². The van der Waals surface area contributed by atoms with Gasteiger partial charge >= 0.3 is 0 Å². The smallest absolute Gasteiger partial charge is 0.259 e. The van der Waals surface area contributed by atoms with Crippen LogP contribution in [0.2, 0.25) is 0 Å². The van der Waals surface area contributed by atoms with Gasteiger partial charge in [0.2, 0.25) is 0 Å². The number of fused-ring (bicyclic) bond motifs is 2. The van der Waals surface area contributed by atoms with E-state index in [1.54, 1.807) is 21.7 Å². The average molecular weight is 755 g/mol. The van der Waals surface area contributed by atoms with E-state index in [4.69, 9.17) is 5.10 Å². The summed E-state index contributed by atoms with van der Waals surface area (Å²) in [5.74, 6) is 5.01. The SMILES string of the molecule is O=C=C1CCN(c2ccc(N3CCC(CN4CCC(n5cc6cc(NC(=O)c7cccn8cnnc78)c(N7CCCCC7)cc6n5)CC4)CC3)cn2)C(=C=O)N1. The number of rotatable bonds is 8. The summed E-state index contributed by atoms with van der Waals surface area (Å²) in [4.78, 5) is 49.9. The molecule has 4 aliphatic rings. The average Bonchev–Trinajstić information content (AvgIpc) is 3.91. The van der Waals surface area contributed by atoms with Crippen LogP contribution in [0.25, 0.3) is 16.6 Å². The van der Waals surface area contributed by atoms with Gasteiger partial charge in [0.05, 0.1) is 40.4 Å². The minimum Gasteiger partial charge on any atom is -0.370 e. The molecule has 15 heteroatoms. The molecule has 5 aromatic rings. The van der Waals surface area contributed by atoms with Gasteiger partial charge in [0.1, 0.15) is 23.8 Å². The number of benzene rings is 1. The number of likely N-dealkylation sites (tertiary alicyclic amines) is 1. The molecule has 8 heterocycles. The third-order valence-corrected chi connectivity index (χ3v) is 11.9. The van der Waals surface area contributed by atoms with Crippen molar-refractivity contribution in [3.63, 3.8) is 0 Å². The fraction of sp³-hybridized carbons (Fsp3) is 0.439. The van der Waals surface area contributed by atoms with Crippen molar-refractivity contribution in [3.05, 3.63) is 78.4 Å². The van der Waals surface area contributed by atoms with Crippen LogP contribution in [0.3, 0.4) is 0 Å². The van der Waals surface area contributed by atoms with Gasteiger partial charge in [-0.25, -0.2) is 14.6 Å². The maximum atomic E-state index is 13.6. The van der Waals surface area contributed by atoms with Gasteiger partial charge in [-0.2, -0.15) is 5.10 Å². The lowest BCUT2D eigenvalue weighted by molar-refractivity contribution is 0.102. The molecule has 9 rings (SSSR count). The summed E-state index contributed by atoms with van der Waals surface area (Å²) in [6.45, 7) is 7.57. The minimum absolute atomic E-state index is 0.190. The van der Waals surface area contributed by atoms with Crippen LogP contribution < -0.4 is 25.3 Å². The Morgan fingerprint density at radius 3 is 2.52 bits per heavy atom. The molecule has 4 fully saturated rings. The molecule has 1 aromatic carbocycles. The summed E-state index contributed by atoms with van der Waals surface area (Å²) in [5.41, 5.74) is 5.23. The molecular weight excluding hydrogens is 709 g/mol. The third-order valence-electron chi connectivity index (χ3n) is 11.9. The minimum atomic E-state index is -0.203. The van der Waals surface area contributed by atoms with Crippen molar-refractivity contribution in [2.75, 3.05) is 72.4 Å². The molecule has 0 radical (unpaired) electrons. The zero-order valence-corrected chi connectivity index (χ0v) is 31.4. The van der Waals surface area contributed by atoms with Gasteiger partial charge in [0.15, 0.2) is 17.4 Å². The predicted molar refractivity (Wildman–Crippen MR) is 214 cm³/mol. The van der Waals surface area contributed by atoms with Crippen molar-refractivity contribution in [3.8, 4) is 0 Å². The number of hydrogen-bond acceptors (Lipinski definition) is 12. The Kier molecular flexibility index (Phi) is 9.95. The highest BCUT2D eigenvalue weighted by Gasteiger charge is 2.28. The van der Waals surface area contributed by atoms with Crippen LogP contribution in [-0.2, 0) is 9.59 Å². The van der Waals surface area contributed by atoms with Gasteiger partial charge in [-0.05, 0) is 87.3 Å². The van der Waals surface area contributed by atoms with Gasteiger partial charge in [-0.1, -0.05) is 0 Å². The number of pyridine rings is 2. The summed E-state index contributed by atoms with van der Waals surface area (Å²) >= 11 is 0. The second kappa shape index (κ2) is 15.6. The number of amides is 1. The molecule has 4 aliphatic heterocycles. The Morgan fingerprint density at radius 2 is 1.75 bits per heavy atom. The van der Waals surface area contributed by atoms with Gasteiger partial charge < -0.3 is 30.2 Å². The first-order chi connectivity index (χ1) is 27.5. The number of hydrogen-bond donors (Lipinski definition) is 2. The fourth-order valence-corrected chi connectivity index (χ4v) is 8.81. The number of carbonyl (C=O) groups excluding carboxylic acids is 3. The number of nitrogens with zero attached hydrogens (tertiary/aromatic N) is 10. The summed E-state index contributed by atoms with van der Waals surface area (Å²) in [7, 11) is 0. The Hall–Kier alpha value is -6.01. The Labute approximate surface area is 324 Å². The lowest BCUT2D eigenvalue weighted by atomic mass is 9.94. The second-order valence-electron chi connectivity index (χ2n) is 15.4. The molecule has 0 saturated carbocycles. The quantitative estimate of drug-likeness (QED) is 0.216. The van der Waals surface area contributed by atoms with Crippen LogP contribution in [0, 0.1) is 5.92 Å². The van der Waals surface area contributed by atoms with Crippen LogP contribution in [0.15, 0.2) is 72.8 Å². The van der Waals surface area contributed by atoms with Crippen LogP contribution in [-0.4, -0.2) is 104 Å². The first kappa shape index (κ1) is 35.7. The highest BCUT2D eigenvalue weighted by atomic mass is 16.1. The first-order valence-electron chi connectivity index (χ1n) is 19.9. The maximum Gasteiger partial charge on any atom is 0.259 e. The molecule has 0 atom stereocenters. The van der Waals surface area contributed by atoms with Crippen molar-refractivity contribution in [1.29, 1.82) is 0 Å². The van der Waals surface area contributed by atoms with E-state index in [2.05, 4.69) is 69.6 Å². The van der Waals surface area contributed by atoms with E-state index in [1.165, 1.54) is 6.42 Å². The molecular formula is C41H46N12O3.